The van der Waals surface area contributed by atoms with Gasteiger partial charge in [-0.05, 0) is 31.5 Å². The lowest BCUT2D eigenvalue weighted by molar-refractivity contribution is -0.123. The molecule has 0 unspecified atom stereocenters. The third-order valence-electron chi connectivity index (χ3n) is 2.71. The lowest BCUT2D eigenvalue weighted by Crippen LogP contribution is -2.32. The summed E-state index contributed by atoms with van der Waals surface area (Å²) in [5.41, 5.74) is 0. The summed E-state index contributed by atoms with van der Waals surface area (Å²) >= 11 is 9.29. The molecule has 19 heavy (non-hydrogen) atoms. The second-order valence-electron chi connectivity index (χ2n) is 4.27. The highest BCUT2D eigenvalue weighted by molar-refractivity contribution is 9.10. The average molecular weight is 349 g/mol. The van der Waals surface area contributed by atoms with E-state index in [9.17, 15) is 4.79 Å². The van der Waals surface area contributed by atoms with Crippen LogP contribution in [0.5, 0.6) is 5.75 Å². The van der Waals surface area contributed by atoms with Crippen LogP contribution in [0.4, 0.5) is 0 Å². The summed E-state index contributed by atoms with van der Waals surface area (Å²) in [5, 5.41) is 3.32. The van der Waals surface area contributed by atoms with E-state index in [1.807, 2.05) is 13.0 Å². The highest BCUT2D eigenvalue weighted by Gasteiger charge is 2.39. The molecule has 1 aliphatic carbocycles. The fraction of sp³-hybridized carbons (Fsp3) is 0.462. The molecule has 104 valence electrons. The number of amides is 1. The highest BCUT2D eigenvalue weighted by Crippen LogP contribution is 2.28. The summed E-state index contributed by atoms with van der Waals surface area (Å²) in [6.45, 7) is 2.56. The maximum absolute atomic E-state index is 11.7. The second-order valence-corrected chi connectivity index (χ2v) is 5.59. The molecule has 0 radical (unpaired) electrons. The summed E-state index contributed by atoms with van der Waals surface area (Å²) < 4.78 is 11.6. The maximum atomic E-state index is 11.7. The number of hydrogen-bond donors (Lipinski definition) is 1. The molecular formula is C13H15BrClNO3. The Morgan fingerprint density at radius 1 is 1.58 bits per heavy atom. The van der Waals surface area contributed by atoms with E-state index in [0.29, 0.717) is 17.4 Å². The van der Waals surface area contributed by atoms with E-state index in [-0.39, 0.29) is 24.7 Å². The van der Waals surface area contributed by atoms with Crippen molar-refractivity contribution in [1.82, 2.24) is 5.32 Å². The van der Waals surface area contributed by atoms with Crippen LogP contribution in [0.15, 0.2) is 22.7 Å². The molecule has 1 aliphatic rings. The van der Waals surface area contributed by atoms with Gasteiger partial charge in [0.05, 0.1) is 17.2 Å². The molecule has 2 atom stereocenters. The molecule has 1 fully saturated rings. The van der Waals surface area contributed by atoms with E-state index < -0.39 is 0 Å². The molecule has 0 aliphatic heterocycles. The van der Waals surface area contributed by atoms with Crippen LogP contribution in [0.2, 0.25) is 5.02 Å². The topological polar surface area (TPSA) is 47.6 Å². The van der Waals surface area contributed by atoms with Gasteiger partial charge in [-0.25, -0.2) is 0 Å². The van der Waals surface area contributed by atoms with E-state index in [2.05, 4.69) is 21.2 Å². The number of ether oxygens (including phenoxy) is 2. The molecule has 1 saturated carbocycles. The van der Waals surface area contributed by atoms with Gasteiger partial charge in [0.2, 0.25) is 0 Å². The molecule has 1 aromatic carbocycles. The number of carbonyl (C=O) groups excluding carboxylic acids is 1. The Balaban J connectivity index is 1.75. The van der Waals surface area contributed by atoms with Gasteiger partial charge >= 0.3 is 0 Å². The van der Waals surface area contributed by atoms with Gasteiger partial charge in [-0.15, -0.1) is 0 Å². The van der Waals surface area contributed by atoms with Crippen molar-refractivity contribution in [2.75, 3.05) is 13.2 Å². The fourth-order valence-corrected chi connectivity index (χ4v) is 2.43. The Morgan fingerprint density at radius 2 is 2.37 bits per heavy atom. The van der Waals surface area contributed by atoms with Crippen LogP contribution in [0.25, 0.3) is 0 Å². The minimum atomic E-state index is -0.161. The normalized spacial score (nSPS) is 21.0. The van der Waals surface area contributed by atoms with Crippen LogP contribution < -0.4 is 10.1 Å². The molecule has 0 aromatic heterocycles. The van der Waals surface area contributed by atoms with E-state index in [1.54, 1.807) is 12.1 Å². The molecule has 4 nitrogen and oxygen atoms in total. The molecule has 1 aromatic rings. The van der Waals surface area contributed by atoms with Crippen molar-refractivity contribution in [1.29, 1.82) is 0 Å². The van der Waals surface area contributed by atoms with E-state index in [4.69, 9.17) is 21.1 Å². The van der Waals surface area contributed by atoms with Crippen LogP contribution >= 0.6 is 27.5 Å². The van der Waals surface area contributed by atoms with Crippen LogP contribution in [-0.4, -0.2) is 31.3 Å². The minimum absolute atomic E-state index is 0.0449. The zero-order chi connectivity index (χ0) is 13.8. The zero-order valence-electron chi connectivity index (χ0n) is 10.5. The van der Waals surface area contributed by atoms with Crippen molar-refractivity contribution in [3.63, 3.8) is 0 Å². The Labute approximate surface area is 125 Å². The van der Waals surface area contributed by atoms with Crippen molar-refractivity contribution in [2.45, 2.75) is 25.5 Å². The third kappa shape index (κ3) is 4.37. The minimum Gasteiger partial charge on any atom is -0.482 e. The first-order chi connectivity index (χ1) is 9.10. The number of nitrogens with one attached hydrogen (secondary N) is 1. The first-order valence-corrected chi connectivity index (χ1v) is 7.26. The summed E-state index contributed by atoms with van der Waals surface area (Å²) in [4.78, 5) is 11.7. The average Bonchev–Trinajstić information content (AvgIpc) is 3.06. The number of hydrogen-bond acceptors (Lipinski definition) is 3. The second kappa shape index (κ2) is 6.59. The Kier molecular flexibility index (Phi) is 5.07. The first kappa shape index (κ1) is 14.6. The number of rotatable bonds is 6. The van der Waals surface area contributed by atoms with Crippen molar-refractivity contribution in [3.8, 4) is 5.75 Å². The SMILES string of the molecule is CCO[C@H]1C[C@H]1NC(=O)COc1ccc(Br)cc1Cl. The monoisotopic (exact) mass is 347 g/mol. The molecule has 6 heteroatoms. The summed E-state index contributed by atoms with van der Waals surface area (Å²) in [6, 6.07) is 5.38. The van der Waals surface area contributed by atoms with Gasteiger partial charge in [0.25, 0.3) is 5.91 Å². The molecule has 2 rings (SSSR count). The third-order valence-corrected chi connectivity index (χ3v) is 3.50. The lowest BCUT2D eigenvalue weighted by Gasteiger charge is -2.09. The zero-order valence-corrected chi connectivity index (χ0v) is 12.8. The van der Waals surface area contributed by atoms with Crippen molar-refractivity contribution < 1.29 is 14.3 Å². The Hall–Kier alpha value is -0.780. The van der Waals surface area contributed by atoms with Gasteiger partial charge in [-0.3, -0.25) is 4.79 Å². The Morgan fingerprint density at radius 3 is 3.05 bits per heavy atom. The molecule has 0 spiro atoms. The van der Waals surface area contributed by atoms with E-state index in [0.717, 1.165) is 10.9 Å². The maximum Gasteiger partial charge on any atom is 0.258 e. The molecule has 1 N–H and O–H groups in total. The lowest BCUT2D eigenvalue weighted by atomic mass is 10.3. The van der Waals surface area contributed by atoms with Gasteiger partial charge in [0.15, 0.2) is 6.61 Å². The standard InChI is InChI=1S/C13H15BrClNO3/c1-2-18-12-6-10(12)16-13(17)7-19-11-4-3-8(14)5-9(11)15/h3-5,10,12H,2,6-7H2,1H3,(H,16,17)/t10-,12+/m1/s1. The smallest absolute Gasteiger partial charge is 0.258 e. The van der Waals surface area contributed by atoms with Gasteiger partial charge in [0.1, 0.15) is 5.75 Å². The molecule has 0 saturated heterocycles. The van der Waals surface area contributed by atoms with Crippen LogP contribution in [0.3, 0.4) is 0 Å². The van der Waals surface area contributed by atoms with Crippen molar-refractivity contribution in [2.24, 2.45) is 0 Å². The number of carbonyl (C=O) groups is 1. The predicted octanol–water partition coefficient (Wildman–Crippen LogP) is 2.77. The fourth-order valence-electron chi connectivity index (χ4n) is 1.71. The Bertz CT molecular complexity index is 469. The van der Waals surface area contributed by atoms with Gasteiger partial charge in [0, 0.05) is 11.1 Å². The largest absolute Gasteiger partial charge is 0.482 e. The van der Waals surface area contributed by atoms with Crippen LogP contribution in [0.1, 0.15) is 13.3 Å². The van der Waals surface area contributed by atoms with Gasteiger partial charge in [-0.2, -0.15) is 0 Å². The van der Waals surface area contributed by atoms with Crippen LogP contribution in [0, 0.1) is 0 Å². The quantitative estimate of drug-likeness (QED) is 0.860. The molecule has 1 amide bonds. The highest BCUT2D eigenvalue weighted by atomic mass is 79.9. The van der Waals surface area contributed by atoms with Crippen molar-refractivity contribution >= 4 is 33.4 Å². The molecular weight excluding hydrogens is 334 g/mol. The number of benzene rings is 1. The number of halogens is 2. The van der Waals surface area contributed by atoms with Gasteiger partial charge < -0.3 is 14.8 Å². The predicted molar refractivity (Wildman–Crippen MR) is 76.6 cm³/mol. The molecule has 0 heterocycles. The summed E-state index contributed by atoms with van der Waals surface area (Å²) in [5.74, 6) is 0.336. The van der Waals surface area contributed by atoms with Gasteiger partial charge in [-0.1, -0.05) is 27.5 Å². The van der Waals surface area contributed by atoms with Crippen molar-refractivity contribution in [3.05, 3.63) is 27.7 Å². The summed E-state index contributed by atoms with van der Waals surface area (Å²) in [7, 11) is 0. The summed E-state index contributed by atoms with van der Waals surface area (Å²) in [6.07, 6.45) is 1.03. The molecule has 0 bridgehead atoms. The van der Waals surface area contributed by atoms with Crippen LogP contribution in [-0.2, 0) is 9.53 Å². The van der Waals surface area contributed by atoms with E-state index >= 15 is 0 Å². The van der Waals surface area contributed by atoms with E-state index in [1.165, 1.54) is 0 Å². The first-order valence-electron chi connectivity index (χ1n) is 6.09.